The van der Waals surface area contributed by atoms with Gasteiger partial charge in [-0.05, 0) is 43.7 Å². The second-order valence-electron chi connectivity index (χ2n) is 11.5. The minimum Gasteiger partial charge on any atom is -0.491 e. The van der Waals surface area contributed by atoms with Crippen molar-refractivity contribution in [2.45, 2.75) is 103 Å². The van der Waals surface area contributed by atoms with Gasteiger partial charge < -0.3 is 25.0 Å². The molecule has 4 rings (SSSR count). The summed E-state index contributed by atoms with van der Waals surface area (Å²) in [6, 6.07) is 15.8. The maximum absolute atomic E-state index is 13.2. The minimum atomic E-state index is -0.356. The highest BCUT2D eigenvalue weighted by Gasteiger charge is 2.25. The van der Waals surface area contributed by atoms with Crippen LogP contribution in [0.2, 0.25) is 0 Å². The topological polar surface area (TPSA) is 97.5 Å². The summed E-state index contributed by atoms with van der Waals surface area (Å²) in [6.45, 7) is 4.33. The fourth-order valence-corrected chi connectivity index (χ4v) is 5.80. The molecule has 8 nitrogen and oxygen atoms in total. The molecule has 2 aromatic rings. The van der Waals surface area contributed by atoms with Gasteiger partial charge in [-0.2, -0.15) is 0 Å². The van der Waals surface area contributed by atoms with Crippen LogP contribution in [0.4, 0.5) is 5.69 Å². The number of ether oxygens (including phenoxy) is 2. The first-order chi connectivity index (χ1) is 20.5. The summed E-state index contributed by atoms with van der Waals surface area (Å²) in [4.78, 5) is 34.1. The van der Waals surface area contributed by atoms with E-state index in [-0.39, 0.29) is 25.1 Å². The molecule has 1 amide bonds. The molecular weight excluding hydrogens is 528 g/mol. The molecule has 0 aromatic heterocycles. The second kappa shape index (κ2) is 16.8. The number of amides is 1. The Morgan fingerprint density at radius 2 is 1.79 bits per heavy atom. The van der Waals surface area contributed by atoms with Crippen LogP contribution in [0.15, 0.2) is 53.5 Å². The Hall–Kier alpha value is -3.55. The van der Waals surface area contributed by atoms with Gasteiger partial charge in [-0.3, -0.25) is 9.59 Å². The van der Waals surface area contributed by atoms with E-state index in [9.17, 15) is 9.59 Å². The SMILES string of the molecule is CCCCCCN(C(=O)CCCCOc1cccc2c1N=C(N)N(CC(=O)OCc1ccccc1)C2)C1CCCCC1. The molecule has 0 saturated heterocycles. The van der Waals surface area contributed by atoms with Crippen LogP contribution >= 0.6 is 0 Å². The molecule has 1 heterocycles. The van der Waals surface area contributed by atoms with E-state index in [2.05, 4.69) is 16.8 Å². The van der Waals surface area contributed by atoms with Crippen molar-refractivity contribution in [3.63, 3.8) is 0 Å². The van der Waals surface area contributed by atoms with Gasteiger partial charge in [0.05, 0.1) is 6.61 Å². The molecule has 0 radical (unpaired) electrons. The molecule has 2 aliphatic rings. The van der Waals surface area contributed by atoms with Gasteiger partial charge >= 0.3 is 5.97 Å². The average molecular weight is 577 g/mol. The number of esters is 1. The summed E-state index contributed by atoms with van der Waals surface area (Å²) in [5.74, 6) is 0.885. The number of guanidine groups is 1. The predicted molar refractivity (Wildman–Crippen MR) is 166 cm³/mol. The van der Waals surface area contributed by atoms with Gasteiger partial charge in [-0.15, -0.1) is 0 Å². The molecular formula is C34H48N4O4. The van der Waals surface area contributed by atoms with E-state index in [1.54, 1.807) is 4.90 Å². The van der Waals surface area contributed by atoms with Crippen molar-refractivity contribution >= 4 is 23.5 Å². The van der Waals surface area contributed by atoms with Crippen molar-refractivity contribution < 1.29 is 19.1 Å². The fourth-order valence-electron chi connectivity index (χ4n) is 5.80. The van der Waals surface area contributed by atoms with Gasteiger partial charge in [0.25, 0.3) is 0 Å². The lowest BCUT2D eigenvalue weighted by Gasteiger charge is -2.34. The van der Waals surface area contributed by atoms with E-state index in [1.807, 2.05) is 48.5 Å². The van der Waals surface area contributed by atoms with E-state index in [0.29, 0.717) is 43.0 Å². The molecule has 1 aliphatic heterocycles. The van der Waals surface area contributed by atoms with Crippen LogP contribution in [0.3, 0.4) is 0 Å². The molecule has 2 aromatic carbocycles. The normalized spacial score (nSPS) is 15.1. The molecule has 228 valence electrons. The number of unbranched alkanes of at least 4 members (excludes halogenated alkanes) is 4. The molecule has 2 N–H and O–H groups in total. The molecule has 1 aliphatic carbocycles. The zero-order valence-corrected chi connectivity index (χ0v) is 25.3. The summed E-state index contributed by atoms with van der Waals surface area (Å²) < 4.78 is 11.5. The quantitative estimate of drug-likeness (QED) is 0.181. The summed E-state index contributed by atoms with van der Waals surface area (Å²) in [5, 5.41) is 0. The first-order valence-corrected chi connectivity index (χ1v) is 15.9. The standard InChI is InChI=1S/C34H48N4O4/c1-2-3-4-12-22-38(29-18-9-6-10-19-29)31(39)21-11-13-23-41-30-20-14-17-28-24-37(34(35)36-33(28)30)25-32(40)42-26-27-15-7-5-8-16-27/h5,7-8,14-17,20,29H,2-4,6,9-13,18-19,21-26H2,1H3,(H2,35,36). The van der Waals surface area contributed by atoms with E-state index >= 15 is 0 Å². The van der Waals surface area contributed by atoms with E-state index in [1.165, 1.54) is 38.5 Å². The highest BCUT2D eigenvalue weighted by Crippen LogP contribution is 2.35. The number of aliphatic imine (C=N–C) groups is 1. The van der Waals surface area contributed by atoms with E-state index in [0.717, 1.165) is 49.8 Å². The molecule has 0 unspecified atom stereocenters. The number of carbonyl (C=O) groups is 2. The van der Waals surface area contributed by atoms with Crippen LogP contribution in [-0.4, -0.2) is 53.4 Å². The predicted octanol–water partition coefficient (Wildman–Crippen LogP) is 6.48. The number of benzene rings is 2. The molecule has 1 fully saturated rings. The van der Waals surface area contributed by atoms with Crippen LogP contribution < -0.4 is 10.5 Å². The third kappa shape index (κ3) is 9.50. The zero-order chi connectivity index (χ0) is 29.6. The van der Waals surface area contributed by atoms with Gasteiger partial charge in [0.2, 0.25) is 5.91 Å². The number of carbonyl (C=O) groups excluding carboxylic acids is 2. The van der Waals surface area contributed by atoms with Crippen molar-refractivity contribution in [1.29, 1.82) is 0 Å². The summed E-state index contributed by atoms with van der Waals surface area (Å²) in [6.07, 6.45) is 13.0. The number of nitrogens with zero attached hydrogens (tertiary/aromatic N) is 3. The Morgan fingerprint density at radius 1 is 0.976 bits per heavy atom. The average Bonchev–Trinajstić information content (AvgIpc) is 3.01. The monoisotopic (exact) mass is 576 g/mol. The molecule has 1 saturated carbocycles. The largest absolute Gasteiger partial charge is 0.491 e. The maximum Gasteiger partial charge on any atom is 0.325 e. The van der Waals surface area contributed by atoms with Gasteiger partial charge in [0.15, 0.2) is 5.96 Å². The van der Waals surface area contributed by atoms with Crippen molar-refractivity contribution in [1.82, 2.24) is 9.80 Å². The number of fused-ring (bicyclic) bond motifs is 1. The summed E-state index contributed by atoms with van der Waals surface area (Å²) >= 11 is 0. The Labute approximate surface area is 251 Å². The Bertz CT molecular complexity index is 1160. The van der Waals surface area contributed by atoms with Crippen LogP contribution in [-0.2, 0) is 27.5 Å². The Balaban J connectivity index is 1.22. The number of hydrogen-bond donors (Lipinski definition) is 1. The number of hydrogen-bond acceptors (Lipinski definition) is 7. The molecule has 0 atom stereocenters. The zero-order valence-electron chi connectivity index (χ0n) is 25.3. The van der Waals surface area contributed by atoms with Crippen LogP contribution in [0, 0.1) is 0 Å². The lowest BCUT2D eigenvalue weighted by atomic mass is 9.93. The molecule has 42 heavy (non-hydrogen) atoms. The third-order valence-electron chi connectivity index (χ3n) is 8.19. The molecule has 0 spiro atoms. The first-order valence-electron chi connectivity index (χ1n) is 15.9. The smallest absolute Gasteiger partial charge is 0.325 e. The van der Waals surface area contributed by atoms with Crippen LogP contribution in [0.5, 0.6) is 5.75 Å². The Kier molecular flexibility index (Phi) is 12.5. The van der Waals surface area contributed by atoms with E-state index < -0.39 is 0 Å². The minimum absolute atomic E-state index is 0.0250. The maximum atomic E-state index is 13.2. The highest BCUT2D eigenvalue weighted by atomic mass is 16.5. The lowest BCUT2D eigenvalue weighted by Crippen LogP contribution is -2.42. The van der Waals surface area contributed by atoms with Crippen molar-refractivity contribution in [3.8, 4) is 5.75 Å². The number of rotatable bonds is 16. The lowest BCUT2D eigenvalue weighted by molar-refractivity contribution is -0.145. The summed E-state index contributed by atoms with van der Waals surface area (Å²) in [7, 11) is 0. The van der Waals surface area contributed by atoms with Gasteiger partial charge in [-0.1, -0.05) is 87.9 Å². The Morgan fingerprint density at radius 3 is 2.57 bits per heavy atom. The van der Waals surface area contributed by atoms with Crippen LogP contribution in [0.25, 0.3) is 0 Å². The second-order valence-corrected chi connectivity index (χ2v) is 11.5. The molecule has 8 heteroatoms. The van der Waals surface area contributed by atoms with Crippen molar-refractivity contribution in [2.24, 2.45) is 10.7 Å². The highest BCUT2D eigenvalue weighted by molar-refractivity contribution is 5.88. The number of nitrogens with two attached hydrogens (primary N) is 1. The van der Waals surface area contributed by atoms with Crippen LogP contribution in [0.1, 0.15) is 95.1 Å². The van der Waals surface area contributed by atoms with Crippen molar-refractivity contribution in [3.05, 3.63) is 59.7 Å². The molecule has 0 bridgehead atoms. The summed E-state index contributed by atoms with van der Waals surface area (Å²) in [5.41, 5.74) is 8.82. The third-order valence-corrected chi connectivity index (χ3v) is 8.19. The van der Waals surface area contributed by atoms with Gasteiger partial charge in [0, 0.05) is 31.1 Å². The van der Waals surface area contributed by atoms with Gasteiger partial charge in [0.1, 0.15) is 24.6 Å². The van der Waals surface area contributed by atoms with Gasteiger partial charge in [-0.25, -0.2) is 4.99 Å². The fraction of sp³-hybridized carbons (Fsp3) is 0.559. The first kappa shape index (κ1) is 31.4. The van der Waals surface area contributed by atoms with E-state index in [4.69, 9.17) is 15.2 Å². The number of para-hydroxylation sites is 1. The van der Waals surface area contributed by atoms with Crippen molar-refractivity contribution in [2.75, 3.05) is 19.7 Å².